The van der Waals surface area contributed by atoms with Gasteiger partial charge in [-0.1, -0.05) is 13.8 Å². The molecule has 19 heavy (non-hydrogen) atoms. The number of fused-ring (bicyclic) bond motifs is 1. The van der Waals surface area contributed by atoms with Crippen LogP contribution in [0.5, 0.6) is 0 Å². The summed E-state index contributed by atoms with van der Waals surface area (Å²) in [7, 11) is 0. The number of aryl methyl sites for hydroxylation is 2. The minimum Gasteiger partial charge on any atom is -0.261 e. The van der Waals surface area contributed by atoms with Gasteiger partial charge in [-0.25, -0.2) is 4.68 Å². The van der Waals surface area contributed by atoms with E-state index in [1.807, 2.05) is 4.68 Å². The average molecular weight is 277 g/mol. The molecule has 0 aliphatic heterocycles. The zero-order valence-corrected chi connectivity index (χ0v) is 11.4. The second-order valence-electron chi connectivity index (χ2n) is 4.19. The van der Waals surface area contributed by atoms with Crippen molar-refractivity contribution >= 4 is 22.6 Å². The highest BCUT2D eigenvalue weighted by molar-refractivity contribution is 6.28. The van der Waals surface area contributed by atoms with Crippen molar-refractivity contribution in [2.75, 3.05) is 0 Å². The Morgan fingerprint density at radius 1 is 1.26 bits per heavy atom. The highest BCUT2D eigenvalue weighted by atomic mass is 35.5. The molecule has 98 valence electrons. The van der Waals surface area contributed by atoms with Crippen LogP contribution in [-0.4, -0.2) is 29.9 Å². The van der Waals surface area contributed by atoms with Crippen molar-refractivity contribution in [3.63, 3.8) is 0 Å². The average Bonchev–Trinajstić information content (AvgIpc) is 3.03. The van der Waals surface area contributed by atoms with Crippen molar-refractivity contribution in [3.8, 4) is 5.82 Å². The molecular weight excluding hydrogens is 264 g/mol. The topological polar surface area (TPSA) is 72.3 Å². The van der Waals surface area contributed by atoms with E-state index < -0.39 is 0 Å². The molecule has 7 heteroatoms. The first kappa shape index (κ1) is 12.1. The van der Waals surface area contributed by atoms with E-state index in [9.17, 15) is 0 Å². The quantitative estimate of drug-likeness (QED) is 0.745. The van der Waals surface area contributed by atoms with Crippen LogP contribution in [0.25, 0.3) is 16.9 Å². The maximum absolute atomic E-state index is 5.96. The zero-order valence-electron chi connectivity index (χ0n) is 10.7. The number of nitrogens with one attached hydrogen (secondary N) is 1. The lowest BCUT2D eigenvalue weighted by molar-refractivity contribution is 0.776. The van der Waals surface area contributed by atoms with E-state index in [4.69, 9.17) is 11.6 Å². The molecule has 0 saturated heterocycles. The number of hydrogen-bond donors (Lipinski definition) is 1. The third-order valence-corrected chi connectivity index (χ3v) is 3.19. The van der Waals surface area contributed by atoms with Crippen LogP contribution in [0.15, 0.2) is 12.3 Å². The van der Waals surface area contributed by atoms with Crippen molar-refractivity contribution in [2.45, 2.75) is 26.7 Å². The summed E-state index contributed by atoms with van der Waals surface area (Å²) < 4.78 is 1.82. The van der Waals surface area contributed by atoms with Crippen molar-refractivity contribution in [1.82, 2.24) is 29.9 Å². The molecule has 0 aliphatic carbocycles. The normalized spacial score (nSPS) is 11.3. The summed E-state index contributed by atoms with van der Waals surface area (Å²) in [6.45, 7) is 4.16. The molecule has 3 aromatic heterocycles. The lowest BCUT2D eigenvalue weighted by Crippen LogP contribution is -2.05. The number of aromatic nitrogens is 6. The van der Waals surface area contributed by atoms with Gasteiger partial charge in [-0.3, -0.25) is 5.10 Å². The summed E-state index contributed by atoms with van der Waals surface area (Å²) in [6.07, 6.45) is 3.44. The van der Waals surface area contributed by atoms with Gasteiger partial charge in [0.1, 0.15) is 0 Å². The number of nitrogens with zero attached hydrogens (tertiary/aromatic N) is 5. The Kier molecular flexibility index (Phi) is 2.94. The number of aromatic amines is 1. The first-order valence-corrected chi connectivity index (χ1v) is 6.55. The molecule has 3 heterocycles. The lowest BCUT2D eigenvalue weighted by Gasteiger charge is -2.05. The maximum Gasteiger partial charge on any atom is 0.226 e. The second-order valence-corrected chi connectivity index (χ2v) is 4.53. The monoisotopic (exact) mass is 276 g/mol. The fourth-order valence-corrected chi connectivity index (χ4v) is 2.20. The fraction of sp³-hybridized carbons (Fsp3) is 0.333. The van der Waals surface area contributed by atoms with Gasteiger partial charge in [0.15, 0.2) is 11.5 Å². The minimum atomic E-state index is 0.183. The molecule has 0 aliphatic rings. The van der Waals surface area contributed by atoms with Crippen LogP contribution in [0, 0.1) is 0 Å². The molecule has 3 aromatic rings. The van der Waals surface area contributed by atoms with Crippen LogP contribution in [0.2, 0.25) is 5.28 Å². The fourth-order valence-electron chi connectivity index (χ4n) is 2.04. The Hall–Kier alpha value is -1.95. The summed E-state index contributed by atoms with van der Waals surface area (Å²) >= 11 is 5.96. The van der Waals surface area contributed by atoms with E-state index >= 15 is 0 Å². The predicted molar refractivity (Wildman–Crippen MR) is 72.6 cm³/mol. The molecule has 3 rings (SSSR count). The van der Waals surface area contributed by atoms with E-state index in [0.29, 0.717) is 11.5 Å². The summed E-state index contributed by atoms with van der Waals surface area (Å²) in [4.78, 5) is 8.39. The lowest BCUT2D eigenvalue weighted by atomic mass is 10.2. The molecule has 0 spiro atoms. The molecule has 0 radical (unpaired) electrons. The predicted octanol–water partition coefficient (Wildman–Crippen LogP) is 2.32. The molecule has 6 nitrogen and oxygen atoms in total. The van der Waals surface area contributed by atoms with Crippen LogP contribution >= 0.6 is 11.6 Å². The Balaban J connectivity index is 2.28. The van der Waals surface area contributed by atoms with Gasteiger partial charge in [-0.2, -0.15) is 20.2 Å². The summed E-state index contributed by atoms with van der Waals surface area (Å²) in [6, 6.07) is 2.09. The van der Waals surface area contributed by atoms with Crippen molar-refractivity contribution in [2.24, 2.45) is 0 Å². The van der Waals surface area contributed by atoms with Crippen LogP contribution in [0.1, 0.15) is 25.2 Å². The van der Waals surface area contributed by atoms with Crippen molar-refractivity contribution in [1.29, 1.82) is 0 Å². The van der Waals surface area contributed by atoms with Crippen LogP contribution in [0.4, 0.5) is 0 Å². The number of rotatable bonds is 3. The summed E-state index contributed by atoms with van der Waals surface area (Å²) in [5.74, 6) is 0.667. The molecule has 0 atom stereocenters. The van der Waals surface area contributed by atoms with Crippen LogP contribution in [-0.2, 0) is 12.8 Å². The molecule has 0 unspecified atom stereocenters. The van der Waals surface area contributed by atoms with E-state index in [1.54, 1.807) is 6.20 Å². The Morgan fingerprint density at radius 3 is 2.84 bits per heavy atom. The van der Waals surface area contributed by atoms with Gasteiger partial charge in [0.05, 0.1) is 17.3 Å². The summed E-state index contributed by atoms with van der Waals surface area (Å²) in [5.41, 5.74) is 2.74. The Labute approximate surface area is 114 Å². The summed E-state index contributed by atoms with van der Waals surface area (Å²) in [5, 5.41) is 12.3. The van der Waals surface area contributed by atoms with E-state index in [1.165, 1.54) is 0 Å². The van der Waals surface area contributed by atoms with Gasteiger partial charge in [-0.05, 0) is 30.5 Å². The molecule has 0 fully saturated rings. The maximum atomic E-state index is 5.96. The third kappa shape index (κ3) is 1.98. The van der Waals surface area contributed by atoms with E-state index in [2.05, 4.69) is 45.2 Å². The first-order valence-electron chi connectivity index (χ1n) is 6.17. The van der Waals surface area contributed by atoms with Gasteiger partial charge in [0.25, 0.3) is 0 Å². The number of H-pyrrole nitrogens is 1. The highest BCUT2D eigenvalue weighted by Crippen LogP contribution is 2.21. The molecular formula is C12H13ClN6. The smallest absolute Gasteiger partial charge is 0.226 e. The molecule has 1 N–H and O–H groups in total. The van der Waals surface area contributed by atoms with Gasteiger partial charge in [-0.15, -0.1) is 0 Å². The molecule has 0 amide bonds. The largest absolute Gasteiger partial charge is 0.261 e. The third-order valence-electron chi connectivity index (χ3n) is 3.02. The zero-order chi connectivity index (χ0) is 13.4. The van der Waals surface area contributed by atoms with Crippen molar-refractivity contribution in [3.05, 3.63) is 28.9 Å². The van der Waals surface area contributed by atoms with Crippen LogP contribution in [0.3, 0.4) is 0 Å². The van der Waals surface area contributed by atoms with E-state index in [0.717, 1.165) is 29.6 Å². The Morgan fingerprint density at radius 2 is 2.11 bits per heavy atom. The van der Waals surface area contributed by atoms with Gasteiger partial charge >= 0.3 is 0 Å². The van der Waals surface area contributed by atoms with Gasteiger partial charge in [0.2, 0.25) is 5.28 Å². The van der Waals surface area contributed by atoms with E-state index in [-0.39, 0.29) is 5.28 Å². The Bertz CT molecular complexity index is 729. The first-order chi connectivity index (χ1) is 9.22. The van der Waals surface area contributed by atoms with Gasteiger partial charge in [0, 0.05) is 5.69 Å². The SMILES string of the molecule is CCc1cc(CC)n(-c2nc(Cl)nc3[nH]ncc23)n1. The number of halogens is 1. The van der Waals surface area contributed by atoms with Crippen LogP contribution < -0.4 is 0 Å². The second kappa shape index (κ2) is 4.62. The van der Waals surface area contributed by atoms with Crippen molar-refractivity contribution < 1.29 is 0 Å². The molecule has 0 saturated carbocycles. The van der Waals surface area contributed by atoms with Gasteiger partial charge < -0.3 is 0 Å². The molecule has 0 bridgehead atoms. The minimum absolute atomic E-state index is 0.183. The molecule has 0 aromatic carbocycles. The highest BCUT2D eigenvalue weighted by Gasteiger charge is 2.14. The number of hydrogen-bond acceptors (Lipinski definition) is 4. The standard InChI is InChI=1S/C12H13ClN6/c1-3-7-5-8(4-2)19(18-7)11-9-6-14-17-10(9)15-12(13)16-11/h5-6H,3-4H2,1-2H3,(H,14,15,16,17).